The zero-order valence-electron chi connectivity index (χ0n) is 34.5. The molecule has 17 nitrogen and oxygen atoms in total. The minimum atomic E-state index is -1.09. The van der Waals surface area contributed by atoms with Crippen molar-refractivity contribution < 1.29 is 28.8 Å². The topological polar surface area (TPSA) is 281 Å². The summed E-state index contributed by atoms with van der Waals surface area (Å²) in [7, 11) is 0. The van der Waals surface area contributed by atoms with Gasteiger partial charge in [-0.05, 0) is 58.0 Å². The molecule has 1 aliphatic rings. The number of H-pyrrole nitrogens is 1. The standard InChI is InChI=1S/C40H71N11O6S/c1-2-3-4-5-6-7-8-9-10-17-36(53)48-34(25-58)40(57)50-31(15-11-13-18-41)38(55)49-32(16-12-14-19-42)39(56)51-33(22-30-24-45-27-47-30)35(52)21-28(37(43)54)20-29-23-44-26-46-29/h23-24,27-28,31-34,44,46,58H,2-22,25-26,41-42H2,1H3,(H2,43,54)(H,45,47)(H,48,53)(H,49,55)(H,50,57)(H,51,56)/t28?,31-,32+,33+,34+/m1/s1. The Morgan fingerprint density at radius 1 is 0.741 bits per heavy atom. The second-order valence-corrected chi connectivity index (χ2v) is 15.5. The number of primary amides is 1. The number of Topliss-reactive ketones (excluding diaryl/α,β-unsaturated/α-hetero) is 1. The zero-order valence-corrected chi connectivity index (χ0v) is 35.4. The number of imidazole rings is 1. The van der Waals surface area contributed by atoms with Gasteiger partial charge in [-0.3, -0.25) is 28.8 Å². The Morgan fingerprint density at radius 2 is 1.31 bits per heavy atom. The van der Waals surface area contributed by atoms with Crippen LogP contribution in [0.25, 0.3) is 0 Å². The molecule has 2 heterocycles. The van der Waals surface area contributed by atoms with Gasteiger partial charge < -0.3 is 54.1 Å². The Hall–Kier alpha value is -4.16. The number of hydrogen-bond acceptors (Lipinski definition) is 12. The lowest BCUT2D eigenvalue weighted by Crippen LogP contribution is -2.58. The van der Waals surface area contributed by atoms with E-state index in [0.717, 1.165) is 25.0 Å². The highest BCUT2D eigenvalue weighted by Crippen LogP contribution is 2.18. The van der Waals surface area contributed by atoms with Crippen LogP contribution in [0.15, 0.2) is 24.4 Å². The summed E-state index contributed by atoms with van der Waals surface area (Å²) in [6, 6.07) is -4.19. The lowest BCUT2D eigenvalue weighted by Gasteiger charge is -2.27. The van der Waals surface area contributed by atoms with Crippen LogP contribution in [0.5, 0.6) is 0 Å². The third-order valence-electron chi connectivity index (χ3n) is 10.2. The number of ketones is 1. The van der Waals surface area contributed by atoms with Gasteiger partial charge >= 0.3 is 0 Å². The molecule has 2 rings (SSSR count). The van der Waals surface area contributed by atoms with Gasteiger partial charge in [0, 0.05) is 55.2 Å². The van der Waals surface area contributed by atoms with E-state index in [1.807, 2.05) is 0 Å². The van der Waals surface area contributed by atoms with Crippen molar-refractivity contribution in [1.82, 2.24) is 41.9 Å². The summed E-state index contributed by atoms with van der Waals surface area (Å²) in [5.74, 6) is -3.93. The fraction of sp³-hybridized carbons (Fsp3) is 0.725. The molecule has 13 N–H and O–H groups in total. The molecule has 0 fully saturated rings. The Kier molecular flexibility index (Phi) is 25.8. The molecule has 328 valence electrons. The second kappa shape index (κ2) is 30.0. The molecular weight excluding hydrogens is 763 g/mol. The molecule has 0 spiro atoms. The summed E-state index contributed by atoms with van der Waals surface area (Å²) in [6.07, 6.45) is 17.7. The molecule has 18 heteroatoms. The number of carbonyl (C=O) groups is 6. The van der Waals surface area contributed by atoms with Crippen LogP contribution in [-0.2, 0) is 35.2 Å². The van der Waals surface area contributed by atoms with E-state index in [1.165, 1.54) is 44.6 Å². The van der Waals surface area contributed by atoms with Crippen molar-refractivity contribution in [2.24, 2.45) is 23.1 Å². The first-order valence-corrected chi connectivity index (χ1v) is 21.8. The van der Waals surface area contributed by atoms with Crippen LogP contribution in [0, 0.1) is 5.92 Å². The van der Waals surface area contributed by atoms with Crippen molar-refractivity contribution in [1.29, 1.82) is 0 Å². The molecule has 0 saturated carbocycles. The van der Waals surface area contributed by atoms with Crippen LogP contribution in [0.3, 0.4) is 0 Å². The molecule has 0 aliphatic carbocycles. The summed E-state index contributed by atoms with van der Waals surface area (Å²) in [6.45, 7) is 3.44. The second-order valence-electron chi connectivity index (χ2n) is 15.1. The molecule has 1 aromatic rings. The minimum absolute atomic E-state index is 0.0178. The molecule has 5 amide bonds. The Bertz CT molecular complexity index is 1410. The van der Waals surface area contributed by atoms with Gasteiger partial charge in [-0.2, -0.15) is 12.6 Å². The van der Waals surface area contributed by atoms with E-state index in [1.54, 1.807) is 6.20 Å². The highest BCUT2D eigenvalue weighted by atomic mass is 32.1. The SMILES string of the molecule is CCCCCCCCCCCC(=O)N[C@@H](CS)C(=O)N[C@H](CCCCN)C(=O)N[C@@H](CCCCN)C(=O)N[C@@H](Cc1cnc[nH]1)C(=O)CC(CC1=CNCN1)C(N)=O. The van der Waals surface area contributed by atoms with Gasteiger partial charge in [0.05, 0.1) is 25.0 Å². The summed E-state index contributed by atoms with van der Waals surface area (Å²) >= 11 is 4.31. The number of hydrogen-bond donors (Lipinski definition) is 11. The van der Waals surface area contributed by atoms with Crippen LogP contribution in [0.2, 0.25) is 0 Å². The number of unbranched alkanes of at least 4 members (excludes halogenated alkanes) is 10. The lowest BCUT2D eigenvalue weighted by molar-refractivity contribution is -0.134. The number of thiol groups is 1. The van der Waals surface area contributed by atoms with E-state index in [-0.39, 0.29) is 50.2 Å². The van der Waals surface area contributed by atoms with Gasteiger partial charge in [0.2, 0.25) is 29.5 Å². The molecule has 1 aliphatic heterocycles. The van der Waals surface area contributed by atoms with Crippen LogP contribution < -0.4 is 49.1 Å². The Labute approximate surface area is 349 Å². The number of nitrogens with two attached hydrogens (primary N) is 3. The molecule has 0 saturated heterocycles. The van der Waals surface area contributed by atoms with Crippen molar-refractivity contribution in [3.05, 3.63) is 30.1 Å². The number of aromatic amines is 1. The minimum Gasteiger partial charge on any atom is -0.372 e. The third kappa shape index (κ3) is 20.5. The van der Waals surface area contributed by atoms with Gasteiger partial charge in [-0.15, -0.1) is 0 Å². The first-order valence-electron chi connectivity index (χ1n) is 21.2. The fourth-order valence-corrected chi connectivity index (χ4v) is 6.96. The van der Waals surface area contributed by atoms with Gasteiger partial charge in [0.1, 0.15) is 18.1 Å². The maximum absolute atomic E-state index is 14.0. The number of amides is 5. The van der Waals surface area contributed by atoms with Crippen LogP contribution in [0.4, 0.5) is 0 Å². The molecule has 0 aromatic carbocycles. The first-order chi connectivity index (χ1) is 28.0. The van der Waals surface area contributed by atoms with Crippen molar-refractivity contribution >= 4 is 47.9 Å². The maximum atomic E-state index is 14.0. The molecule has 0 radical (unpaired) electrons. The molecule has 1 aromatic heterocycles. The fourth-order valence-electron chi connectivity index (χ4n) is 6.70. The Balaban J connectivity index is 2.13. The van der Waals surface area contributed by atoms with Crippen molar-refractivity contribution in [3.63, 3.8) is 0 Å². The summed E-state index contributed by atoms with van der Waals surface area (Å²) in [5, 5.41) is 17.2. The van der Waals surface area contributed by atoms with Crippen molar-refractivity contribution in [2.75, 3.05) is 25.5 Å². The molecule has 58 heavy (non-hydrogen) atoms. The molecular formula is C40H71N11O6S. The van der Waals surface area contributed by atoms with E-state index in [2.05, 4.69) is 61.4 Å². The van der Waals surface area contributed by atoms with E-state index >= 15 is 0 Å². The third-order valence-corrected chi connectivity index (χ3v) is 10.6. The van der Waals surface area contributed by atoms with E-state index in [4.69, 9.17) is 17.2 Å². The molecule has 5 atom stereocenters. The largest absolute Gasteiger partial charge is 0.372 e. The average Bonchev–Trinajstić information content (AvgIpc) is 3.93. The van der Waals surface area contributed by atoms with Crippen LogP contribution in [0.1, 0.15) is 128 Å². The van der Waals surface area contributed by atoms with Crippen LogP contribution >= 0.6 is 12.6 Å². The smallest absolute Gasteiger partial charge is 0.244 e. The van der Waals surface area contributed by atoms with Crippen LogP contribution in [-0.4, -0.2) is 95.0 Å². The first kappa shape index (κ1) is 50.0. The monoisotopic (exact) mass is 834 g/mol. The zero-order chi connectivity index (χ0) is 42.5. The summed E-state index contributed by atoms with van der Waals surface area (Å²) < 4.78 is 0. The summed E-state index contributed by atoms with van der Waals surface area (Å²) in [4.78, 5) is 87.2. The summed E-state index contributed by atoms with van der Waals surface area (Å²) in [5.41, 5.74) is 18.5. The maximum Gasteiger partial charge on any atom is 0.244 e. The predicted molar refractivity (Wildman–Crippen MR) is 228 cm³/mol. The Morgan fingerprint density at radius 3 is 1.81 bits per heavy atom. The highest BCUT2D eigenvalue weighted by molar-refractivity contribution is 7.80. The predicted octanol–water partition coefficient (Wildman–Crippen LogP) is 1.44. The van der Waals surface area contributed by atoms with E-state index in [9.17, 15) is 28.8 Å². The number of rotatable bonds is 34. The lowest BCUT2D eigenvalue weighted by atomic mass is 9.92. The van der Waals surface area contributed by atoms with E-state index in [0.29, 0.717) is 57.6 Å². The number of nitrogens with one attached hydrogen (secondary N) is 7. The molecule has 0 bridgehead atoms. The van der Waals surface area contributed by atoms with Crippen molar-refractivity contribution in [2.45, 2.75) is 153 Å². The van der Waals surface area contributed by atoms with Gasteiger partial charge in [0.25, 0.3) is 0 Å². The highest BCUT2D eigenvalue weighted by Gasteiger charge is 2.33. The van der Waals surface area contributed by atoms with Crippen molar-refractivity contribution in [3.8, 4) is 0 Å². The average molecular weight is 834 g/mol. The van der Waals surface area contributed by atoms with Gasteiger partial charge in [0.15, 0.2) is 5.78 Å². The normalized spacial score (nSPS) is 14.8. The number of allylic oxidation sites excluding steroid dienone is 1. The van der Waals surface area contributed by atoms with E-state index < -0.39 is 59.5 Å². The number of aromatic nitrogens is 2. The van der Waals surface area contributed by atoms with Gasteiger partial charge in [-0.1, -0.05) is 58.3 Å². The molecule has 1 unspecified atom stereocenters. The van der Waals surface area contributed by atoms with Gasteiger partial charge in [-0.25, -0.2) is 4.98 Å². The quantitative estimate of drug-likeness (QED) is 0.0349. The number of nitrogens with zero attached hydrogens (tertiary/aromatic N) is 1. The number of carbonyl (C=O) groups excluding carboxylic acids is 6.